The lowest BCUT2D eigenvalue weighted by molar-refractivity contribution is 0.426. The molecule has 22 heavy (non-hydrogen) atoms. The topological polar surface area (TPSA) is 40.5 Å². The second kappa shape index (κ2) is 5.09. The predicted molar refractivity (Wildman–Crippen MR) is 96.5 cm³/mol. The van der Waals surface area contributed by atoms with Gasteiger partial charge in [0.2, 0.25) is 0 Å². The molecule has 0 aromatic heterocycles. The highest BCUT2D eigenvalue weighted by molar-refractivity contribution is 9.10. The first-order valence-electron chi connectivity index (χ1n) is 7.05. The van der Waals surface area contributed by atoms with Crippen molar-refractivity contribution in [2.45, 2.75) is 0 Å². The molecule has 0 atom stereocenters. The van der Waals surface area contributed by atoms with Gasteiger partial charge in [-0.25, -0.2) is 0 Å². The molecule has 0 heterocycles. The molecule has 106 valence electrons. The van der Waals surface area contributed by atoms with Crippen LogP contribution >= 0.6 is 15.9 Å². The van der Waals surface area contributed by atoms with Crippen LogP contribution in [-0.2, 0) is 0 Å². The van der Waals surface area contributed by atoms with Gasteiger partial charge < -0.3 is 10.0 Å². The SMILES string of the molecule is OB(O)c1ccc2c3ccc(Br)cc3c3ccccc3c2c1. The summed E-state index contributed by atoms with van der Waals surface area (Å²) >= 11 is 3.55. The van der Waals surface area contributed by atoms with Crippen molar-refractivity contribution in [2.75, 3.05) is 0 Å². The average Bonchev–Trinajstić information content (AvgIpc) is 2.54. The van der Waals surface area contributed by atoms with Crippen molar-refractivity contribution in [3.8, 4) is 0 Å². The summed E-state index contributed by atoms with van der Waals surface area (Å²) in [7, 11) is -1.45. The fourth-order valence-corrected chi connectivity index (χ4v) is 3.47. The molecule has 4 aromatic carbocycles. The summed E-state index contributed by atoms with van der Waals surface area (Å²) < 4.78 is 1.05. The highest BCUT2D eigenvalue weighted by Gasteiger charge is 2.14. The second-order valence-corrected chi connectivity index (χ2v) is 6.33. The van der Waals surface area contributed by atoms with Gasteiger partial charge in [0.05, 0.1) is 0 Å². The molecule has 0 aliphatic heterocycles. The Morgan fingerprint density at radius 3 is 1.82 bits per heavy atom. The summed E-state index contributed by atoms with van der Waals surface area (Å²) in [4.78, 5) is 0. The Morgan fingerprint density at radius 2 is 1.18 bits per heavy atom. The second-order valence-electron chi connectivity index (χ2n) is 5.41. The minimum Gasteiger partial charge on any atom is -0.423 e. The van der Waals surface area contributed by atoms with E-state index in [1.807, 2.05) is 30.3 Å². The van der Waals surface area contributed by atoms with Gasteiger partial charge in [-0.2, -0.15) is 0 Å². The zero-order valence-corrected chi connectivity index (χ0v) is 13.2. The number of benzene rings is 4. The van der Waals surface area contributed by atoms with Gasteiger partial charge in [0.25, 0.3) is 0 Å². The Hall–Kier alpha value is -1.88. The molecule has 0 aliphatic carbocycles. The van der Waals surface area contributed by atoms with Crippen LogP contribution in [0.15, 0.2) is 65.1 Å². The van der Waals surface area contributed by atoms with E-state index in [2.05, 4.69) is 40.2 Å². The number of hydrogen-bond donors (Lipinski definition) is 2. The van der Waals surface area contributed by atoms with Gasteiger partial charge in [-0.15, -0.1) is 0 Å². The lowest BCUT2D eigenvalue weighted by Crippen LogP contribution is -2.29. The first kappa shape index (κ1) is 13.8. The van der Waals surface area contributed by atoms with Gasteiger partial charge >= 0.3 is 7.12 Å². The Morgan fingerprint density at radius 1 is 0.636 bits per heavy atom. The van der Waals surface area contributed by atoms with Crippen molar-refractivity contribution in [1.82, 2.24) is 0 Å². The zero-order chi connectivity index (χ0) is 15.3. The van der Waals surface area contributed by atoms with E-state index in [1.165, 1.54) is 5.39 Å². The molecular formula is C18H12BBrO2. The number of fused-ring (bicyclic) bond motifs is 6. The standard InChI is InChI=1S/C18H12BBrO2/c20-12-6-8-16-15-7-5-11(19(21)22)9-17(15)13-3-1-2-4-14(13)18(16)10-12/h1-10,21-22H. The Bertz CT molecular complexity index is 1010. The van der Waals surface area contributed by atoms with E-state index in [0.717, 1.165) is 31.4 Å². The van der Waals surface area contributed by atoms with Crippen molar-refractivity contribution < 1.29 is 10.0 Å². The molecule has 0 saturated heterocycles. The maximum absolute atomic E-state index is 9.45. The van der Waals surface area contributed by atoms with Crippen LogP contribution in [0.1, 0.15) is 0 Å². The fraction of sp³-hybridized carbons (Fsp3) is 0. The summed E-state index contributed by atoms with van der Waals surface area (Å²) in [6.45, 7) is 0. The first-order chi connectivity index (χ1) is 10.6. The largest absolute Gasteiger partial charge is 0.488 e. The van der Waals surface area contributed by atoms with Crippen LogP contribution in [0.25, 0.3) is 32.3 Å². The first-order valence-corrected chi connectivity index (χ1v) is 7.84. The molecule has 0 saturated carbocycles. The van der Waals surface area contributed by atoms with Crippen molar-refractivity contribution in [3.63, 3.8) is 0 Å². The van der Waals surface area contributed by atoms with Crippen molar-refractivity contribution >= 4 is 60.8 Å². The molecule has 0 radical (unpaired) electrons. The van der Waals surface area contributed by atoms with E-state index in [9.17, 15) is 10.0 Å². The van der Waals surface area contributed by atoms with E-state index >= 15 is 0 Å². The number of halogens is 1. The molecule has 0 fully saturated rings. The summed E-state index contributed by atoms with van der Waals surface area (Å²) in [5.74, 6) is 0. The fourth-order valence-electron chi connectivity index (χ4n) is 3.11. The van der Waals surface area contributed by atoms with Crippen LogP contribution in [0.5, 0.6) is 0 Å². The molecule has 4 heteroatoms. The highest BCUT2D eigenvalue weighted by Crippen LogP contribution is 2.35. The maximum atomic E-state index is 9.45. The van der Waals surface area contributed by atoms with Crippen molar-refractivity contribution in [2.24, 2.45) is 0 Å². The predicted octanol–water partition coefficient (Wildman–Crippen LogP) is 3.59. The normalized spacial score (nSPS) is 11.4. The van der Waals surface area contributed by atoms with Crippen LogP contribution in [0.3, 0.4) is 0 Å². The van der Waals surface area contributed by atoms with Crippen LogP contribution in [0.4, 0.5) is 0 Å². The monoisotopic (exact) mass is 350 g/mol. The Labute approximate surface area is 136 Å². The van der Waals surface area contributed by atoms with Gasteiger partial charge in [0.1, 0.15) is 0 Å². The molecule has 2 N–H and O–H groups in total. The third kappa shape index (κ3) is 2.03. The van der Waals surface area contributed by atoms with E-state index < -0.39 is 7.12 Å². The minimum atomic E-state index is -1.45. The summed E-state index contributed by atoms with van der Waals surface area (Å²) in [6.07, 6.45) is 0. The summed E-state index contributed by atoms with van der Waals surface area (Å²) in [5, 5.41) is 25.7. The highest BCUT2D eigenvalue weighted by atomic mass is 79.9. The summed E-state index contributed by atoms with van der Waals surface area (Å²) in [6, 6.07) is 20.1. The van der Waals surface area contributed by atoms with Gasteiger partial charge in [0.15, 0.2) is 0 Å². The third-order valence-electron chi connectivity index (χ3n) is 4.12. The lowest BCUT2D eigenvalue weighted by atomic mass is 9.78. The molecule has 4 rings (SSSR count). The number of hydrogen-bond acceptors (Lipinski definition) is 2. The third-order valence-corrected chi connectivity index (χ3v) is 4.61. The molecule has 4 aromatic rings. The van der Waals surface area contributed by atoms with Crippen molar-refractivity contribution in [3.05, 3.63) is 65.1 Å². The molecular weight excluding hydrogens is 339 g/mol. The molecule has 0 unspecified atom stereocenters. The average molecular weight is 351 g/mol. The van der Waals surface area contributed by atoms with E-state index in [0.29, 0.717) is 5.46 Å². The number of rotatable bonds is 1. The van der Waals surface area contributed by atoms with E-state index in [1.54, 1.807) is 6.07 Å². The molecule has 0 amide bonds. The smallest absolute Gasteiger partial charge is 0.423 e. The van der Waals surface area contributed by atoms with Gasteiger partial charge in [-0.1, -0.05) is 64.5 Å². The zero-order valence-electron chi connectivity index (χ0n) is 11.6. The molecule has 0 bridgehead atoms. The van der Waals surface area contributed by atoms with Crippen molar-refractivity contribution in [1.29, 1.82) is 0 Å². The van der Waals surface area contributed by atoms with Crippen LogP contribution < -0.4 is 5.46 Å². The summed E-state index contributed by atoms with van der Waals surface area (Å²) in [5.41, 5.74) is 0.508. The molecule has 0 spiro atoms. The van der Waals surface area contributed by atoms with Crippen LogP contribution in [-0.4, -0.2) is 17.2 Å². The molecule has 2 nitrogen and oxygen atoms in total. The lowest BCUT2D eigenvalue weighted by Gasteiger charge is -2.12. The quantitative estimate of drug-likeness (QED) is 0.407. The minimum absolute atomic E-state index is 0.508. The van der Waals surface area contributed by atoms with Gasteiger partial charge in [-0.05, 0) is 49.9 Å². The maximum Gasteiger partial charge on any atom is 0.488 e. The van der Waals surface area contributed by atoms with Gasteiger partial charge in [-0.3, -0.25) is 0 Å². The van der Waals surface area contributed by atoms with E-state index in [4.69, 9.17) is 0 Å². The van der Waals surface area contributed by atoms with E-state index in [-0.39, 0.29) is 0 Å². The Balaban J connectivity index is 2.29. The van der Waals surface area contributed by atoms with Crippen LogP contribution in [0.2, 0.25) is 0 Å². The van der Waals surface area contributed by atoms with Gasteiger partial charge in [0, 0.05) is 4.47 Å². The Kier molecular flexibility index (Phi) is 3.19. The molecule has 0 aliphatic rings. The van der Waals surface area contributed by atoms with Crippen LogP contribution in [0, 0.1) is 0 Å².